The van der Waals surface area contributed by atoms with Gasteiger partial charge in [0.1, 0.15) is 11.6 Å². The van der Waals surface area contributed by atoms with E-state index in [1.165, 1.54) is 0 Å². The fraction of sp³-hybridized carbons (Fsp3) is 0.412. The van der Waals surface area contributed by atoms with Crippen LogP contribution in [0.2, 0.25) is 0 Å². The predicted octanol–water partition coefficient (Wildman–Crippen LogP) is 3.09. The van der Waals surface area contributed by atoms with Gasteiger partial charge in [0.15, 0.2) is 0 Å². The molecule has 4 N–H and O–H groups in total. The minimum Gasteiger partial charge on any atom is -0.393 e. The summed E-state index contributed by atoms with van der Waals surface area (Å²) in [5.41, 5.74) is 2.18. The highest BCUT2D eigenvalue weighted by atomic mass is 79.9. The number of halogens is 2. The maximum Gasteiger partial charge on any atom is 0.216 e. The number of benzene rings is 1. The van der Waals surface area contributed by atoms with Crippen molar-refractivity contribution in [1.82, 2.24) is 25.9 Å². The van der Waals surface area contributed by atoms with Gasteiger partial charge in [0.05, 0.1) is 11.8 Å². The van der Waals surface area contributed by atoms with E-state index in [2.05, 4.69) is 69.2 Å². The molecule has 27 heavy (non-hydrogen) atoms. The first-order chi connectivity index (χ1) is 13.1. The Hall–Kier alpha value is -1.80. The molecule has 0 spiro atoms. The van der Waals surface area contributed by atoms with Crippen LogP contribution in [-0.2, 0) is 6.54 Å². The highest BCUT2D eigenvalue weighted by molar-refractivity contribution is 9.11. The van der Waals surface area contributed by atoms with E-state index in [0.717, 1.165) is 45.9 Å². The SMILES string of the molecule is N#CC(=CNc1c(Br)cc(Br)cc1CNC1CCC(O)CC1)c1nn[nH]n1. The first-order valence-corrected chi connectivity index (χ1v) is 10.2. The number of aliphatic hydroxyl groups excluding tert-OH is 1. The first-order valence-electron chi connectivity index (χ1n) is 8.57. The second kappa shape index (κ2) is 9.41. The number of nitriles is 1. The summed E-state index contributed by atoms with van der Waals surface area (Å²) < 4.78 is 1.83. The van der Waals surface area contributed by atoms with Crippen LogP contribution >= 0.6 is 31.9 Å². The summed E-state index contributed by atoms with van der Waals surface area (Å²) in [6.45, 7) is 0.666. The van der Waals surface area contributed by atoms with Gasteiger partial charge in [0.25, 0.3) is 0 Å². The minimum atomic E-state index is -0.167. The molecule has 0 unspecified atom stereocenters. The van der Waals surface area contributed by atoms with Gasteiger partial charge in [0, 0.05) is 27.7 Å². The van der Waals surface area contributed by atoms with Crippen LogP contribution in [0.25, 0.3) is 5.57 Å². The highest BCUT2D eigenvalue weighted by Gasteiger charge is 2.19. The largest absolute Gasteiger partial charge is 0.393 e. The van der Waals surface area contributed by atoms with Crippen LogP contribution in [0.4, 0.5) is 5.69 Å². The van der Waals surface area contributed by atoms with Crippen molar-refractivity contribution in [2.75, 3.05) is 5.32 Å². The van der Waals surface area contributed by atoms with Gasteiger partial charge in [-0.2, -0.15) is 10.5 Å². The van der Waals surface area contributed by atoms with Crippen molar-refractivity contribution in [1.29, 1.82) is 5.26 Å². The lowest BCUT2D eigenvalue weighted by Gasteiger charge is -2.26. The van der Waals surface area contributed by atoms with Crippen LogP contribution in [0, 0.1) is 11.3 Å². The molecule has 1 heterocycles. The number of rotatable bonds is 6. The third kappa shape index (κ3) is 5.35. The van der Waals surface area contributed by atoms with E-state index in [9.17, 15) is 10.4 Å². The number of aliphatic hydroxyl groups is 1. The van der Waals surface area contributed by atoms with Crippen LogP contribution in [0.1, 0.15) is 37.1 Å². The second-order valence-electron chi connectivity index (χ2n) is 6.36. The quantitative estimate of drug-likeness (QED) is 0.453. The molecule has 0 aliphatic heterocycles. The lowest BCUT2D eigenvalue weighted by Crippen LogP contribution is -2.34. The third-order valence-corrected chi connectivity index (χ3v) is 5.57. The van der Waals surface area contributed by atoms with E-state index in [-0.39, 0.29) is 17.5 Å². The van der Waals surface area contributed by atoms with E-state index in [1.54, 1.807) is 6.20 Å². The summed E-state index contributed by atoms with van der Waals surface area (Å²) in [6, 6.07) is 6.43. The number of hydrogen-bond acceptors (Lipinski definition) is 7. The fourth-order valence-corrected chi connectivity index (χ4v) is 4.46. The van der Waals surface area contributed by atoms with Crippen molar-refractivity contribution in [3.05, 3.63) is 38.7 Å². The van der Waals surface area contributed by atoms with Crippen LogP contribution in [0.5, 0.6) is 0 Å². The molecule has 142 valence electrons. The number of anilines is 1. The number of allylic oxidation sites excluding steroid dienone is 1. The van der Waals surface area contributed by atoms with Crippen LogP contribution in [0.3, 0.4) is 0 Å². The average Bonchev–Trinajstić information content (AvgIpc) is 3.17. The maximum atomic E-state index is 9.65. The molecule has 0 bridgehead atoms. The number of nitrogens with one attached hydrogen (secondary N) is 3. The summed E-state index contributed by atoms with van der Waals surface area (Å²) >= 11 is 7.10. The summed E-state index contributed by atoms with van der Waals surface area (Å²) in [5.74, 6) is 0.235. The molecule has 1 aromatic heterocycles. The normalized spacial score (nSPS) is 20.3. The minimum absolute atomic E-state index is 0.167. The highest BCUT2D eigenvalue weighted by Crippen LogP contribution is 2.31. The number of aromatic nitrogens is 4. The summed E-state index contributed by atoms with van der Waals surface area (Å²) in [5, 5.41) is 39.2. The molecule has 1 aliphatic rings. The van der Waals surface area contributed by atoms with Gasteiger partial charge < -0.3 is 15.7 Å². The van der Waals surface area contributed by atoms with Crippen molar-refractivity contribution < 1.29 is 5.11 Å². The van der Waals surface area contributed by atoms with E-state index in [0.29, 0.717) is 12.6 Å². The molecule has 3 rings (SSSR count). The molecule has 0 atom stereocenters. The average molecular weight is 497 g/mol. The zero-order valence-corrected chi connectivity index (χ0v) is 17.6. The Labute approximate surface area is 173 Å². The molecule has 1 saturated carbocycles. The number of tetrazole rings is 1. The van der Waals surface area contributed by atoms with Crippen LogP contribution in [-0.4, -0.2) is 37.9 Å². The number of aromatic amines is 1. The van der Waals surface area contributed by atoms with E-state index in [1.807, 2.05) is 12.1 Å². The fourth-order valence-electron chi connectivity index (χ4n) is 3.03. The molecule has 0 saturated heterocycles. The Bertz CT molecular complexity index is 840. The standard InChI is InChI=1S/C17H19Br2N7O/c18-12-5-10(8-21-13-1-3-14(27)4-2-13)16(15(19)6-12)22-9-11(7-20)17-23-25-26-24-17/h5-6,9,13-14,21-22,27H,1-4,8H2,(H,23,24,25,26). The molecule has 8 nitrogen and oxygen atoms in total. The molecule has 1 aliphatic carbocycles. The maximum absolute atomic E-state index is 9.65. The molecule has 0 amide bonds. The Kier molecular flexibility index (Phi) is 6.95. The number of H-pyrrole nitrogens is 1. The second-order valence-corrected chi connectivity index (χ2v) is 8.13. The van der Waals surface area contributed by atoms with E-state index >= 15 is 0 Å². The lowest BCUT2D eigenvalue weighted by molar-refractivity contribution is 0.116. The van der Waals surface area contributed by atoms with Gasteiger partial charge in [-0.3, -0.25) is 0 Å². The van der Waals surface area contributed by atoms with Crippen molar-refractivity contribution in [2.24, 2.45) is 0 Å². The molecular formula is C17H19Br2N7O. The van der Waals surface area contributed by atoms with Crippen molar-refractivity contribution in [2.45, 2.75) is 44.4 Å². The summed E-state index contributed by atoms with van der Waals surface area (Å²) in [7, 11) is 0. The Morgan fingerprint density at radius 1 is 1.33 bits per heavy atom. The zero-order valence-electron chi connectivity index (χ0n) is 14.4. The van der Waals surface area contributed by atoms with E-state index < -0.39 is 0 Å². The van der Waals surface area contributed by atoms with Crippen molar-refractivity contribution in [3.8, 4) is 6.07 Å². The predicted molar refractivity (Wildman–Crippen MR) is 108 cm³/mol. The third-order valence-electron chi connectivity index (χ3n) is 4.48. The smallest absolute Gasteiger partial charge is 0.216 e. The van der Waals surface area contributed by atoms with Gasteiger partial charge in [-0.15, -0.1) is 10.2 Å². The Balaban J connectivity index is 1.75. The van der Waals surface area contributed by atoms with Crippen LogP contribution in [0.15, 0.2) is 27.3 Å². The summed E-state index contributed by atoms with van der Waals surface area (Å²) in [4.78, 5) is 0. The van der Waals surface area contributed by atoms with Gasteiger partial charge in [0.2, 0.25) is 5.82 Å². The molecular weight excluding hydrogens is 478 g/mol. The number of hydrogen-bond donors (Lipinski definition) is 4. The monoisotopic (exact) mass is 495 g/mol. The molecule has 10 heteroatoms. The zero-order chi connectivity index (χ0) is 19.2. The topological polar surface area (TPSA) is 123 Å². The van der Waals surface area contributed by atoms with Gasteiger partial charge >= 0.3 is 0 Å². The van der Waals surface area contributed by atoms with E-state index in [4.69, 9.17) is 0 Å². The molecule has 2 aromatic rings. The molecule has 0 radical (unpaired) electrons. The Morgan fingerprint density at radius 2 is 2.11 bits per heavy atom. The van der Waals surface area contributed by atoms with Crippen molar-refractivity contribution in [3.63, 3.8) is 0 Å². The summed E-state index contributed by atoms with van der Waals surface area (Å²) in [6.07, 6.45) is 5.01. The van der Waals surface area contributed by atoms with Crippen LogP contribution < -0.4 is 10.6 Å². The Morgan fingerprint density at radius 3 is 2.78 bits per heavy atom. The van der Waals surface area contributed by atoms with Gasteiger partial charge in [-0.05, 0) is 64.5 Å². The molecule has 1 aromatic carbocycles. The lowest BCUT2D eigenvalue weighted by atomic mass is 9.93. The van der Waals surface area contributed by atoms with Gasteiger partial charge in [-0.1, -0.05) is 15.9 Å². The first kappa shape index (κ1) is 19.9. The van der Waals surface area contributed by atoms with Crippen molar-refractivity contribution >= 4 is 43.1 Å². The number of nitrogens with zero attached hydrogens (tertiary/aromatic N) is 4. The van der Waals surface area contributed by atoms with Gasteiger partial charge in [-0.25, -0.2) is 0 Å². The molecule has 1 fully saturated rings.